The van der Waals surface area contributed by atoms with Crippen LogP contribution in [0.25, 0.3) is 0 Å². The zero-order chi connectivity index (χ0) is 22.4. The van der Waals surface area contributed by atoms with Gasteiger partial charge in [-0.05, 0) is 25.7 Å². The summed E-state index contributed by atoms with van der Waals surface area (Å²) in [4.78, 5) is 5.29. The molecule has 0 aromatic carbocycles. The van der Waals surface area contributed by atoms with Gasteiger partial charge in [-0.25, -0.2) is 0 Å². The summed E-state index contributed by atoms with van der Waals surface area (Å²) in [6.07, 6.45) is 35.1. The number of nitrogens with zero attached hydrogens (tertiary/aromatic N) is 2. The minimum absolute atomic E-state index is 0.644. The molecule has 1 aliphatic rings. The van der Waals surface area contributed by atoms with Gasteiger partial charge >= 0.3 is 0 Å². The highest BCUT2D eigenvalue weighted by Gasteiger charge is 2.24. The summed E-state index contributed by atoms with van der Waals surface area (Å²) in [5.41, 5.74) is 0. The topological polar surface area (TPSA) is 6.48 Å². The van der Waals surface area contributed by atoms with E-state index in [-0.39, 0.29) is 0 Å². The maximum absolute atomic E-state index is 2.65. The summed E-state index contributed by atoms with van der Waals surface area (Å²) in [5.74, 6) is 0. The second-order valence-corrected chi connectivity index (χ2v) is 10.1. The largest absolute Gasteiger partial charge is 0.356 e. The molecule has 0 bridgehead atoms. The van der Waals surface area contributed by atoms with Crippen molar-refractivity contribution in [3.8, 4) is 0 Å². The maximum Gasteiger partial charge on any atom is 0.101 e. The Kier molecular flexibility index (Phi) is 19.4. The van der Waals surface area contributed by atoms with Crippen molar-refractivity contribution in [2.75, 3.05) is 13.1 Å². The van der Waals surface area contributed by atoms with Gasteiger partial charge in [0.2, 0.25) is 0 Å². The Labute approximate surface area is 197 Å². The van der Waals surface area contributed by atoms with Crippen molar-refractivity contribution in [2.45, 2.75) is 162 Å². The summed E-state index contributed by atoms with van der Waals surface area (Å²) in [5, 5.41) is 0. The Hall–Kier alpha value is -0.660. The highest BCUT2D eigenvalue weighted by molar-refractivity contribution is 4.96. The number of unbranched alkanes of at least 4 members (excludes halogenated alkanes) is 17. The van der Waals surface area contributed by atoms with E-state index in [1.807, 2.05) is 0 Å². The van der Waals surface area contributed by atoms with Crippen LogP contribution in [0.5, 0.6) is 0 Å². The maximum atomic E-state index is 2.65. The Morgan fingerprint density at radius 2 is 0.742 bits per heavy atom. The predicted octanol–water partition coefficient (Wildman–Crippen LogP) is 9.65. The van der Waals surface area contributed by atoms with Crippen molar-refractivity contribution >= 4 is 0 Å². The van der Waals surface area contributed by atoms with Crippen LogP contribution >= 0.6 is 0 Å². The van der Waals surface area contributed by atoms with Gasteiger partial charge in [0.05, 0.1) is 0 Å². The normalized spacial score (nSPS) is 16.0. The molecule has 2 heteroatoms. The third-order valence-corrected chi connectivity index (χ3v) is 7.07. The van der Waals surface area contributed by atoms with Crippen molar-refractivity contribution in [1.82, 2.24) is 9.80 Å². The summed E-state index contributed by atoms with van der Waals surface area (Å²) in [6.45, 7) is 9.43. The third-order valence-electron chi connectivity index (χ3n) is 7.07. The Bertz CT molecular complexity index is 392. The minimum atomic E-state index is 0.644. The molecule has 0 spiro atoms. The van der Waals surface area contributed by atoms with Gasteiger partial charge in [-0.3, -0.25) is 0 Å². The first kappa shape index (κ1) is 28.4. The van der Waals surface area contributed by atoms with E-state index in [2.05, 4.69) is 43.0 Å². The average Bonchev–Trinajstić information content (AvgIpc) is 3.16. The Morgan fingerprint density at radius 3 is 1.19 bits per heavy atom. The molecule has 0 radical (unpaired) electrons. The van der Waals surface area contributed by atoms with Crippen molar-refractivity contribution in [2.24, 2.45) is 0 Å². The lowest BCUT2D eigenvalue weighted by atomic mass is 10.0. The van der Waals surface area contributed by atoms with E-state index in [0.29, 0.717) is 6.17 Å². The molecule has 0 amide bonds. The van der Waals surface area contributed by atoms with Crippen LogP contribution in [0.2, 0.25) is 0 Å². The van der Waals surface area contributed by atoms with Crippen LogP contribution in [-0.2, 0) is 0 Å². The van der Waals surface area contributed by atoms with Crippen LogP contribution in [0.4, 0.5) is 0 Å². The fourth-order valence-corrected chi connectivity index (χ4v) is 4.95. The van der Waals surface area contributed by atoms with Crippen LogP contribution < -0.4 is 0 Å². The van der Waals surface area contributed by atoms with Crippen molar-refractivity contribution in [1.29, 1.82) is 0 Å². The lowest BCUT2D eigenvalue weighted by Crippen LogP contribution is -2.39. The number of hydrogen-bond donors (Lipinski definition) is 0. The molecule has 2 nitrogen and oxygen atoms in total. The monoisotopic (exact) mass is 434 g/mol. The first-order valence-electron chi connectivity index (χ1n) is 14.5. The molecule has 0 aromatic rings. The average molecular weight is 435 g/mol. The SMILES string of the molecule is CCCCCCCCCCCCCCCCN1C=CN(CCCCC)C1CCCCC. The Balaban J connectivity index is 2.03. The Morgan fingerprint density at radius 1 is 0.419 bits per heavy atom. The molecule has 0 aromatic heterocycles. The summed E-state index contributed by atoms with van der Waals surface area (Å²) < 4.78 is 0. The first-order valence-corrected chi connectivity index (χ1v) is 14.5. The molecular weight excluding hydrogens is 376 g/mol. The van der Waals surface area contributed by atoms with Crippen LogP contribution in [0.15, 0.2) is 12.4 Å². The second kappa shape index (κ2) is 21.2. The van der Waals surface area contributed by atoms with Gasteiger partial charge in [-0.2, -0.15) is 0 Å². The predicted molar refractivity (Wildman–Crippen MR) is 140 cm³/mol. The zero-order valence-corrected chi connectivity index (χ0v) is 21.9. The molecule has 0 saturated carbocycles. The van der Waals surface area contributed by atoms with E-state index in [9.17, 15) is 0 Å². The van der Waals surface area contributed by atoms with E-state index >= 15 is 0 Å². The van der Waals surface area contributed by atoms with Crippen LogP contribution in [0, 0.1) is 0 Å². The lowest BCUT2D eigenvalue weighted by Gasteiger charge is -2.33. The first-order chi connectivity index (χ1) is 15.3. The van der Waals surface area contributed by atoms with Crippen LogP contribution in [0.3, 0.4) is 0 Å². The fourth-order valence-electron chi connectivity index (χ4n) is 4.95. The van der Waals surface area contributed by atoms with Gasteiger partial charge in [-0.15, -0.1) is 0 Å². The van der Waals surface area contributed by atoms with Gasteiger partial charge in [-0.1, -0.05) is 130 Å². The van der Waals surface area contributed by atoms with E-state index in [0.717, 1.165) is 0 Å². The minimum Gasteiger partial charge on any atom is -0.356 e. The molecule has 1 rings (SSSR count). The molecule has 31 heavy (non-hydrogen) atoms. The fraction of sp³-hybridized carbons (Fsp3) is 0.931. The van der Waals surface area contributed by atoms with Gasteiger partial charge < -0.3 is 9.80 Å². The van der Waals surface area contributed by atoms with Crippen molar-refractivity contribution in [3.63, 3.8) is 0 Å². The highest BCUT2D eigenvalue weighted by atomic mass is 15.4. The number of hydrogen-bond acceptors (Lipinski definition) is 2. The molecule has 184 valence electrons. The molecule has 1 unspecified atom stereocenters. The molecule has 0 N–H and O–H groups in total. The third kappa shape index (κ3) is 14.9. The van der Waals surface area contributed by atoms with Crippen molar-refractivity contribution in [3.05, 3.63) is 12.4 Å². The second-order valence-electron chi connectivity index (χ2n) is 10.1. The van der Waals surface area contributed by atoms with Crippen LogP contribution in [-0.4, -0.2) is 29.1 Å². The molecule has 1 atom stereocenters. The molecule has 1 heterocycles. The van der Waals surface area contributed by atoms with E-state index in [1.54, 1.807) is 0 Å². The molecular formula is C29H58N2. The van der Waals surface area contributed by atoms with Crippen LogP contribution in [0.1, 0.15) is 156 Å². The van der Waals surface area contributed by atoms with Gasteiger partial charge in [0, 0.05) is 25.5 Å². The summed E-state index contributed by atoms with van der Waals surface area (Å²) in [6, 6.07) is 0. The zero-order valence-electron chi connectivity index (χ0n) is 21.9. The van der Waals surface area contributed by atoms with Crippen molar-refractivity contribution < 1.29 is 0 Å². The van der Waals surface area contributed by atoms with E-state index in [4.69, 9.17) is 0 Å². The standard InChI is InChI=1S/C29H58N2/c1-4-7-10-11-12-13-14-15-16-17-18-19-20-23-26-31-28-27-30(25-22-9-6-3)29(31)24-21-8-5-2/h27-29H,4-26H2,1-3H3. The highest BCUT2D eigenvalue weighted by Crippen LogP contribution is 2.23. The number of rotatable bonds is 23. The summed E-state index contributed by atoms with van der Waals surface area (Å²) in [7, 11) is 0. The molecule has 0 aliphatic carbocycles. The van der Waals surface area contributed by atoms with Gasteiger partial charge in [0.1, 0.15) is 6.17 Å². The molecule has 0 fully saturated rings. The molecule has 0 saturated heterocycles. The van der Waals surface area contributed by atoms with E-state index < -0.39 is 0 Å². The van der Waals surface area contributed by atoms with E-state index in [1.165, 1.54) is 148 Å². The van der Waals surface area contributed by atoms with Gasteiger partial charge in [0.15, 0.2) is 0 Å². The summed E-state index contributed by atoms with van der Waals surface area (Å²) >= 11 is 0. The lowest BCUT2D eigenvalue weighted by molar-refractivity contribution is 0.136. The smallest absolute Gasteiger partial charge is 0.101 e. The van der Waals surface area contributed by atoms with Gasteiger partial charge in [0.25, 0.3) is 0 Å². The molecule has 1 aliphatic heterocycles. The quantitative estimate of drug-likeness (QED) is 0.148.